The third-order valence-electron chi connectivity index (χ3n) is 1.93. The van der Waals surface area contributed by atoms with Crippen molar-refractivity contribution in [1.29, 1.82) is 0 Å². The fourth-order valence-electron chi connectivity index (χ4n) is 1.14. The molecule has 1 atom stereocenters. The van der Waals surface area contributed by atoms with Gasteiger partial charge in [-0.15, -0.1) is 0 Å². The van der Waals surface area contributed by atoms with E-state index >= 15 is 0 Å². The molecule has 7 nitrogen and oxygen atoms in total. The number of aromatic nitrogens is 1. The first kappa shape index (κ1) is 12.6. The highest BCUT2D eigenvalue weighted by atomic mass is 16.4. The van der Waals surface area contributed by atoms with Crippen LogP contribution in [0.4, 0.5) is 0 Å². The van der Waals surface area contributed by atoms with Gasteiger partial charge in [-0.1, -0.05) is 0 Å². The van der Waals surface area contributed by atoms with Gasteiger partial charge in [-0.2, -0.15) is 0 Å². The Morgan fingerprint density at radius 2 is 2.18 bits per heavy atom. The first-order valence-electron chi connectivity index (χ1n) is 4.72. The number of nitrogens with two attached hydrogens (primary N) is 1. The van der Waals surface area contributed by atoms with Gasteiger partial charge >= 0.3 is 5.97 Å². The Labute approximate surface area is 96.6 Å². The molecule has 0 aliphatic carbocycles. The fourth-order valence-corrected chi connectivity index (χ4v) is 1.14. The second-order valence-corrected chi connectivity index (χ2v) is 3.28. The lowest BCUT2D eigenvalue weighted by molar-refractivity contribution is -0.140. The van der Waals surface area contributed by atoms with Crippen molar-refractivity contribution in [2.45, 2.75) is 12.5 Å². The number of hydrogen-bond donors (Lipinski definition) is 3. The van der Waals surface area contributed by atoms with E-state index < -0.39 is 30.2 Å². The van der Waals surface area contributed by atoms with Crippen molar-refractivity contribution < 1.29 is 19.5 Å². The third kappa shape index (κ3) is 3.90. The number of nitrogens with one attached hydrogen (secondary N) is 1. The number of carboxylic acid groups (broad SMARTS) is 1. The van der Waals surface area contributed by atoms with Crippen LogP contribution in [0.5, 0.6) is 0 Å². The Hall–Kier alpha value is -2.44. The number of pyridine rings is 1. The van der Waals surface area contributed by atoms with Crippen LogP contribution in [0.3, 0.4) is 0 Å². The van der Waals surface area contributed by atoms with E-state index in [4.69, 9.17) is 10.8 Å². The van der Waals surface area contributed by atoms with Gasteiger partial charge < -0.3 is 16.2 Å². The van der Waals surface area contributed by atoms with E-state index in [0.29, 0.717) is 0 Å². The van der Waals surface area contributed by atoms with Gasteiger partial charge in [-0.25, -0.2) is 4.79 Å². The zero-order valence-electron chi connectivity index (χ0n) is 8.79. The third-order valence-corrected chi connectivity index (χ3v) is 1.93. The monoisotopic (exact) mass is 237 g/mol. The molecule has 2 amide bonds. The Kier molecular flexibility index (Phi) is 4.15. The van der Waals surface area contributed by atoms with E-state index in [0.717, 1.165) is 0 Å². The molecular weight excluding hydrogens is 226 g/mol. The normalized spacial score (nSPS) is 11.5. The molecule has 0 fully saturated rings. The van der Waals surface area contributed by atoms with Crippen LogP contribution >= 0.6 is 0 Å². The summed E-state index contributed by atoms with van der Waals surface area (Å²) in [5.74, 6) is -2.74. The van der Waals surface area contributed by atoms with Gasteiger partial charge in [0.1, 0.15) is 6.04 Å². The van der Waals surface area contributed by atoms with Crippen molar-refractivity contribution in [3.63, 3.8) is 0 Å². The molecule has 4 N–H and O–H groups in total. The second kappa shape index (κ2) is 5.59. The maximum absolute atomic E-state index is 11.6. The number of carbonyl (C=O) groups excluding carboxylic acids is 2. The van der Waals surface area contributed by atoms with Crippen LogP contribution in [-0.2, 0) is 9.59 Å². The van der Waals surface area contributed by atoms with Crippen LogP contribution in [-0.4, -0.2) is 33.9 Å². The molecule has 1 aromatic heterocycles. The molecule has 0 saturated carbocycles. The van der Waals surface area contributed by atoms with E-state index in [1.54, 1.807) is 6.07 Å². The minimum absolute atomic E-state index is 0.211. The van der Waals surface area contributed by atoms with Crippen molar-refractivity contribution in [3.05, 3.63) is 30.1 Å². The summed E-state index contributed by atoms with van der Waals surface area (Å²) in [5.41, 5.74) is 5.09. The van der Waals surface area contributed by atoms with Crippen LogP contribution in [0.2, 0.25) is 0 Å². The Balaban J connectivity index is 2.71. The molecule has 1 heterocycles. The summed E-state index contributed by atoms with van der Waals surface area (Å²) >= 11 is 0. The molecule has 7 heteroatoms. The minimum atomic E-state index is -1.33. The first-order valence-corrected chi connectivity index (χ1v) is 4.72. The van der Waals surface area contributed by atoms with Crippen LogP contribution < -0.4 is 11.1 Å². The average Bonchev–Trinajstić information content (AvgIpc) is 2.28. The van der Waals surface area contributed by atoms with Gasteiger partial charge in [0, 0.05) is 12.4 Å². The SMILES string of the molecule is NC(=O)CC(NC(=O)c1cccnc1)C(=O)O. The lowest BCUT2D eigenvalue weighted by Crippen LogP contribution is -2.43. The molecule has 0 spiro atoms. The summed E-state index contributed by atoms with van der Waals surface area (Å²) < 4.78 is 0. The summed E-state index contributed by atoms with van der Waals surface area (Å²) in [6.45, 7) is 0. The minimum Gasteiger partial charge on any atom is -0.480 e. The first-order chi connectivity index (χ1) is 8.00. The van der Waals surface area contributed by atoms with Gasteiger partial charge in [0.2, 0.25) is 5.91 Å². The molecule has 0 aromatic carbocycles. The van der Waals surface area contributed by atoms with E-state index in [1.807, 2.05) is 0 Å². The summed E-state index contributed by atoms with van der Waals surface area (Å²) in [5, 5.41) is 11.0. The fraction of sp³-hybridized carbons (Fsp3) is 0.200. The van der Waals surface area contributed by atoms with Crippen LogP contribution in [0, 0.1) is 0 Å². The number of carboxylic acids is 1. The molecule has 0 aliphatic rings. The van der Waals surface area contributed by atoms with Gasteiger partial charge in [0.05, 0.1) is 12.0 Å². The molecule has 1 aromatic rings. The maximum Gasteiger partial charge on any atom is 0.326 e. The average molecular weight is 237 g/mol. The Morgan fingerprint density at radius 1 is 1.47 bits per heavy atom. The van der Waals surface area contributed by atoms with Gasteiger partial charge in [-0.3, -0.25) is 14.6 Å². The van der Waals surface area contributed by atoms with E-state index in [-0.39, 0.29) is 5.56 Å². The van der Waals surface area contributed by atoms with E-state index in [9.17, 15) is 14.4 Å². The molecule has 0 saturated heterocycles. The number of amides is 2. The van der Waals surface area contributed by atoms with Crippen LogP contribution in [0.25, 0.3) is 0 Å². The lowest BCUT2D eigenvalue weighted by atomic mass is 10.2. The van der Waals surface area contributed by atoms with Crippen molar-refractivity contribution in [2.24, 2.45) is 5.73 Å². The maximum atomic E-state index is 11.6. The van der Waals surface area contributed by atoms with E-state index in [2.05, 4.69) is 10.3 Å². The summed E-state index contributed by atoms with van der Waals surface area (Å²) in [7, 11) is 0. The molecule has 90 valence electrons. The topological polar surface area (TPSA) is 122 Å². The summed E-state index contributed by atoms with van der Waals surface area (Å²) in [6.07, 6.45) is 2.31. The molecule has 1 rings (SSSR count). The number of aliphatic carboxylic acids is 1. The van der Waals surface area contributed by atoms with Crippen LogP contribution in [0.1, 0.15) is 16.8 Å². The van der Waals surface area contributed by atoms with E-state index in [1.165, 1.54) is 18.5 Å². The predicted octanol–water partition coefficient (Wildman–Crippen LogP) is -0.860. The Morgan fingerprint density at radius 3 is 2.65 bits per heavy atom. The largest absolute Gasteiger partial charge is 0.480 e. The van der Waals surface area contributed by atoms with Crippen LogP contribution in [0.15, 0.2) is 24.5 Å². The standard InChI is InChI=1S/C10H11N3O4/c11-8(14)4-7(10(16)17)13-9(15)6-2-1-3-12-5-6/h1-3,5,7H,4H2,(H2,11,14)(H,13,15)(H,16,17). The van der Waals surface area contributed by atoms with Crippen molar-refractivity contribution >= 4 is 17.8 Å². The molecule has 1 unspecified atom stereocenters. The summed E-state index contributed by atoms with van der Waals surface area (Å²) in [4.78, 5) is 36.7. The molecule has 17 heavy (non-hydrogen) atoms. The molecule has 0 aliphatic heterocycles. The molecular formula is C10H11N3O4. The number of rotatable bonds is 5. The Bertz CT molecular complexity index is 432. The highest BCUT2D eigenvalue weighted by molar-refractivity contribution is 5.97. The highest BCUT2D eigenvalue weighted by Crippen LogP contribution is 1.98. The summed E-state index contributed by atoms with van der Waals surface area (Å²) in [6, 6.07) is 1.68. The number of carbonyl (C=O) groups is 3. The van der Waals surface area contributed by atoms with Gasteiger partial charge in [0.15, 0.2) is 0 Å². The second-order valence-electron chi connectivity index (χ2n) is 3.28. The molecule has 0 bridgehead atoms. The van der Waals surface area contributed by atoms with Gasteiger partial charge in [-0.05, 0) is 12.1 Å². The lowest BCUT2D eigenvalue weighted by Gasteiger charge is -2.12. The highest BCUT2D eigenvalue weighted by Gasteiger charge is 2.22. The predicted molar refractivity (Wildman–Crippen MR) is 56.9 cm³/mol. The smallest absolute Gasteiger partial charge is 0.326 e. The number of primary amides is 1. The quantitative estimate of drug-likeness (QED) is 0.615. The van der Waals surface area contributed by atoms with Crippen molar-refractivity contribution in [1.82, 2.24) is 10.3 Å². The zero-order valence-corrected chi connectivity index (χ0v) is 8.79. The zero-order chi connectivity index (χ0) is 12.8. The number of hydrogen-bond acceptors (Lipinski definition) is 4. The van der Waals surface area contributed by atoms with Crippen molar-refractivity contribution in [2.75, 3.05) is 0 Å². The van der Waals surface area contributed by atoms with Crippen molar-refractivity contribution in [3.8, 4) is 0 Å². The number of nitrogens with zero attached hydrogens (tertiary/aromatic N) is 1. The van der Waals surface area contributed by atoms with Gasteiger partial charge in [0.25, 0.3) is 5.91 Å². The molecule has 0 radical (unpaired) electrons.